The highest BCUT2D eigenvalue weighted by molar-refractivity contribution is 5.66. The first kappa shape index (κ1) is 14.4. The van der Waals surface area contributed by atoms with Gasteiger partial charge in [0.15, 0.2) is 11.5 Å². The SMILES string of the molecule is CCc1ccc(OCCCCC(=O)O)c(OC)c1. The third-order valence-electron chi connectivity index (χ3n) is 2.68. The van der Waals surface area contributed by atoms with Crippen molar-refractivity contribution in [2.75, 3.05) is 13.7 Å². The van der Waals surface area contributed by atoms with Gasteiger partial charge in [0.25, 0.3) is 0 Å². The van der Waals surface area contributed by atoms with E-state index in [2.05, 4.69) is 6.92 Å². The van der Waals surface area contributed by atoms with Crippen molar-refractivity contribution in [3.63, 3.8) is 0 Å². The molecule has 0 atom stereocenters. The highest BCUT2D eigenvalue weighted by Crippen LogP contribution is 2.28. The van der Waals surface area contributed by atoms with Crippen molar-refractivity contribution in [2.45, 2.75) is 32.6 Å². The maximum Gasteiger partial charge on any atom is 0.303 e. The molecule has 0 heterocycles. The summed E-state index contributed by atoms with van der Waals surface area (Å²) in [5.74, 6) is 0.678. The first-order valence-electron chi connectivity index (χ1n) is 6.19. The fraction of sp³-hybridized carbons (Fsp3) is 0.500. The Morgan fingerprint density at radius 2 is 2.06 bits per heavy atom. The third kappa shape index (κ3) is 4.65. The predicted molar refractivity (Wildman–Crippen MR) is 69.4 cm³/mol. The number of hydrogen-bond donors (Lipinski definition) is 1. The molecule has 0 unspecified atom stereocenters. The van der Waals surface area contributed by atoms with E-state index in [1.807, 2.05) is 18.2 Å². The zero-order valence-corrected chi connectivity index (χ0v) is 10.9. The van der Waals surface area contributed by atoms with Gasteiger partial charge < -0.3 is 14.6 Å². The Morgan fingerprint density at radius 3 is 2.67 bits per heavy atom. The lowest BCUT2D eigenvalue weighted by atomic mass is 10.1. The minimum atomic E-state index is -0.764. The van der Waals surface area contributed by atoms with Crippen LogP contribution in [0.2, 0.25) is 0 Å². The van der Waals surface area contributed by atoms with Crippen LogP contribution in [0, 0.1) is 0 Å². The summed E-state index contributed by atoms with van der Waals surface area (Å²) in [6, 6.07) is 5.87. The van der Waals surface area contributed by atoms with Crippen molar-refractivity contribution in [1.29, 1.82) is 0 Å². The largest absolute Gasteiger partial charge is 0.493 e. The van der Waals surface area contributed by atoms with Gasteiger partial charge in [-0.3, -0.25) is 4.79 Å². The lowest BCUT2D eigenvalue weighted by molar-refractivity contribution is -0.137. The van der Waals surface area contributed by atoms with Crippen LogP contribution < -0.4 is 9.47 Å². The normalized spacial score (nSPS) is 10.1. The minimum Gasteiger partial charge on any atom is -0.493 e. The number of unbranched alkanes of at least 4 members (excludes halogenated alkanes) is 1. The molecular formula is C14H20O4. The number of carboxylic acid groups (broad SMARTS) is 1. The van der Waals surface area contributed by atoms with Crippen LogP contribution in [0.5, 0.6) is 11.5 Å². The molecule has 0 amide bonds. The van der Waals surface area contributed by atoms with Crippen LogP contribution >= 0.6 is 0 Å². The molecule has 1 N–H and O–H groups in total. The highest BCUT2D eigenvalue weighted by Gasteiger charge is 2.05. The average molecular weight is 252 g/mol. The lowest BCUT2D eigenvalue weighted by Crippen LogP contribution is -2.01. The van der Waals surface area contributed by atoms with E-state index in [4.69, 9.17) is 14.6 Å². The van der Waals surface area contributed by atoms with Gasteiger partial charge in [-0.05, 0) is 37.0 Å². The monoisotopic (exact) mass is 252 g/mol. The first-order chi connectivity index (χ1) is 8.67. The van der Waals surface area contributed by atoms with Crippen molar-refractivity contribution in [3.8, 4) is 11.5 Å². The molecule has 0 saturated carbocycles. The summed E-state index contributed by atoms with van der Waals surface area (Å²) in [4.78, 5) is 10.3. The number of ether oxygens (including phenoxy) is 2. The molecule has 0 aliphatic rings. The fourth-order valence-corrected chi connectivity index (χ4v) is 1.61. The second-order valence-electron chi connectivity index (χ2n) is 4.04. The predicted octanol–water partition coefficient (Wildman–Crippen LogP) is 2.89. The van der Waals surface area contributed by atoms with E-state index >= 15 is 0 Å². The summed E-state index contributed by atoms with van der Waals surface area (Å²) in [6.07, 6.45) is 2.50. The maximum absolute atomic E-state index is 10.3. The molecule has 1 rings (SSSR count). The molecule has 0 bridgehead atoms. The number of methoxy groups -OCH3 is 1. The van der Waals surface area contributed by atoms with E-state index in [0.29, 0.717) is 18.8 Å². The van der Waals surface area contributed by atoms with Crippen molar-refractivity contribution in [1.82, 2.24) is 0 Å². The topological polar surface area (TPSA) is 55.8 Å². The smallest absolute Gasteiger partial charge is 0.303 e. The molecule has 0 saturated heterocycles. The molecule has 4 heteroatoms. The molecule has 1 aromatic rings. The van der Waals surface area contributed by atoms with E-state index in [-0.39, 0.29) is 6.42 Å². The molecule has 0 aromatic heterocycles. The number of benzene rings is 1. The lowest BCUT2D eigenvalue weighted by Gasteiger charge is -2.11. The van der Waals surface area contributed by atoms with Crippen LogP contribution in [-0.2, 0) is 11.2 Å². The molecule has 100 valence electrons. The number of carboxylic acids is 1. The van der Waals surface area contributed by atoms with Gasteiger partial charge in [0.05, 0.1) is 13.7 Å². The zero-order valence-electron chi connectivity index (χ0n) is 10.9. The first-order valence-corrected chi connectivity index (χ1v) is 6.19. The van der Waals surface area contributed by atoms with Crippen molar-refractivity contribution in [2.24, 2.45) is 0 Å². The molecule has 0 aliphatic heterocycles. The van der Waals surface area contributed by atoms with Crippen molar-refractivity contribution < 1.29 is 19.4 Å². The fourth-order valence-electron chi connectivity index (χ4n) is 1.61. The Kier molecular flexibility index (Phi) is 6.05. The summed E-state index contributed by atoms with van der Waals surface area (Å²) >= 11 is 0. The third-order valence-corrected chi connectivity index (χ3v) is 2.68. The maximum atomic E-state index is 10.3. The molecule has 4 nitrogen and oxygen atoms in total. The Morgan fingerprint density at radius 1 is 1.28 bits per heavy atom. The van der Waals surface area contributed by atoms with Gasteiger partial charge in [0, 0.05) is 6.42 Å². The minimum absolute atomic E-state index is 0.190. The Hall–Kier alpha value is -1.71. The van der Waals surface area contributed by atoms with E-state index < -0.39 is 5.97 Å². The van der Waals surface area contributed by atoms with Gasteiger partial charge in [-0.15, -0.1) is 0 Å². The van der Waals surface area contributed by atoms with Crippen LogP contribution in [-0.4, -0.2) is 24.8 Å². The van der Waals surface area contributed by atoms with Gasteiger partial charge in [-0.1, -0.05) is 13.0 Å². The number of aryl methyl sites for hydroxylation is 1. The van der Waals surface area contributed by atoms with Crippen LogP contribution in [0.1, 0.15) is 31.7 Å². The second-order valence-corrected chi connectivity index (χ2v) is 4.04. The Bertz CT molecular complexity index is 387. The van der Waals surface area contributed by atoms with Gasteiger partial charge in [0.2, 0.25) is 0 Å². The molecule has 1 aromatic carbocycles. The van der Waals surface area contributed by atoms with Crippen LogP contribution in [0.4, 0.5) is 0 Å². The van der Waals surface area contributed by atoms with E-state index in [1.54, 1.807) is 7.11 Å². The molecule has 0 fully saturated rings. The summed E-state index contributed by atoms with van der Waals surface area (Å²) in [5.41, 5.74) is 1.20. The summed E-state index contributed by atoms with van der Waals surface area (Å²) in [7, 11) is 1.62. The molecule has 0 aliphatic carbocycles. The highest BCUT2D eigenvalue weighted by atomic mass is 16.5. The molecule has 18 heavy (non-hydrogen) atoms. The zero-order chi connectivity index (χ0) is 13.4. The summed E-state index contributed by atoms with van der Waals surface area (Å²) in [6.45, 7) is 2.59. The molecule has 0 radical (unpaired) electrons. The van der Waals surface area contributed by atoms with E-state index in [9.17, 15) is 4.79 Å². The van der Waals surface area contributed by atoms with Gasteiger partial charge in [-0.2, -0.15) is 0 Å². The van der Waals surface area contributed by atoms with E-state index in [0.717, 1.165) is 18.6 Å². The van der Waals surface area contributed by atoms with Crippen LogP contribution in [0.3, 0.4) is 0 Å². The summed E-state index contributed by atoms with van der Waals surface area (Å²) < 4.78 is 10.9. The van der Waals surface area contributed by atoms with Gasteiger partial charge in [0.1, 0.15) is 0 Å². The number of hydrogen-bond acceptors (Lipinski definition) is 3. The Labute approximate surface area is 108 Å². The molecular weight excluding hydrogens is 232 g/mol. The Balaban J connectivity index is 2.44. The second kappa shape index (κ2) is 7.58. The quantitative estimate of drug-likeness (QED) is 0.723. The van der Waals surface area contributed by atoms with Crippen LogP contribution in [0.25, 0.3) is 0 Å². The standard InChI is InChI=1S/C14H20O4/c1-3-11-7-8-12(13(10-11)17-2)18-9-5-4-6-14(15)16/h7-8,10H,3-6,9H2,1-2H3,(H,15,16). The summed E-state index contributed by atoms with van der Waals surface area (Å²) in [5, 5.41) is 8.51. The average Bonchev–Trinajstić information content (AvgIpc) is 2.38. The van der Waals surface area contributed by atoms with Crippen molar-refractivity contribution >= 4 is 5.97 Å². The van der Waals surface area contributed by atoms with Crippen LogP contribution in [0.15, 0.2) is 18.2 Å². The molecule has 0 spiro atoms. The number of rotatable bonds is 8. The number of carbonyl (C=O) groups is 1. The number of aliphatic carboxylic acids is 1. The van der Waals surface area contributed by atoms with E-state index in [1.165, 1.54) is 5.56 Å². The van der Waals surface area contributed by atoms with Crippen molar-refractivity contribution in [3.05, 3.63) is 23.8 Å². The van der Waals surface area contributed by atoms with Gasteiger partial charge in [-0.25, -0.2) is 0 Å². The van der Waals surface area contributed by atoms with Gasteiger partial charge >= 0.3 is 5.97 Å².